The molecular weight excluding hydrogens is 252 g/mol. The van der Waals surface area contributed by atoms with Gasteiger partial charge in [-0.3, -0.25) is 9.59 Å². The Hall–Kier alpha value is -1.84. The van der Waals surface area contributed by atoms with E-state index in [0.29, 0.717) is 6.54 Å². The first-order valence-electron chi connectivity index (χ1n) is 7.10. The Kier molecular flexibility index (Phi) is 4.42. The number of hydrogen-bond acceptors (Lipinski definition) is 2. The van der Waals surface area contributed by atoms with Crippen molar-refractivity contribution < 1.29 is 9.59 Å². The number of likely N-dealkylation sites (tertiary alicyclic amines) is 1. The Morgan fingerprint density at radius 1 is 1.20 bits per heavy atom. The molecule has 4 nitrogen and oxygen atoms in total. The molecule has 0 bridgehead atoms. The number of amides is 2. The number of nitrogens with one attached hydrogen (secondary N) is 1. The monoisotopic (exact) mass is 274 g/mol. The van der Waals surface area contributed by atoms with Crippen LogP contribution < -0.4 is 5.32 Å². The summed E-state index contributed by atoms with van der Waals surface area (Å²) in [5, 5.41) is 2.68. The molecule has 1 saturated heterocycles. The van der Waals surface area contributed by atoms with Crippen LogP contribution in [0.15, 0.2) is 18.2 Å². The zero-order valence-corrected chi connectivity index (χ0v) is 12.4. The second-order valence-electron chi connectivity index (χ2n) is 5.58. The van der Waals surface area contributed by atoms with Crippen LogP contribution in [-0.4, -0.2) is 36.9 Å². The smallest absolute Gasteiger partial charge is 0.253 e. The van der Waals surface area contributed by atoms with Gasteiger partial charge in [-0.25, -0.2) is 0 Å². The number of carbonyl (C=O) groups is 2. The molecule has 1 aromatic carbocycles. The van der Waals surface area contributed by atoms with Gasteiger partial charge in [0.05, 0.1) is 5.92 Å². The highest BCUT2D eigenvalue weighted by molar-refractivity contribution is 5.95. The minimum Gasteiger partial charge on any atom is -0.359 e. The number of piperidine rings is 1. The molecule has 0 aromatic heterocycles. The quantitative estimate of drug-likeness (QED) is 0.895. The van der Waals surface area contributed by atoms with Crippen LogP contribution in [0, 0.1) is 19.8 Å². The van der Waals surface area contributed by atoms with Crippen LogP contribution in [0.5, 0.6) is 0 Å². The second kappa shape index (κ2) is 6.07. The Bertz CT molecular complexity index is 505. The molecule has 1 unspecified atom stereocenters. The highest BCUT2D eigenvalue weighted by Crippen LogP contribution is 2.20. The maximum Gasteiger partial charge on any atom is 0.253 e. The van der Waals surface area contributed by atoms with E-state index in [4.69, 9.17) is 0 Å². The second-order valence-corrected chi connectivity index (χ2v) is 5.58. The van der Waals surface area contributed by atoms with E-state index < -0.39 is 0 Å². The molecular formula is C16H22N2O2. The minimum absolute atomic E-state index is 0.0305. The van der Waals surface area contributed by atoms with E-state index in [1.165, 1.54) is 0 Å². The summed E-state index contributed by atoms with van der Waals surface area (Å²) in [7, 11) is 1.65. The van der Waals surface area contributed by atoms with Gasteiger partial charge in [-0.2, -0.15) is 0 Å². The molecule has 1 aromatic rings. The molecule has 108 valence electrons. The molecule has 1 aliphatic heterocycles. The van der Waals surface area contributed by atoms with Crippen LogP contribution in [0.25, 0.3) is 0 Å². The average molecular weight is 274 g/mol. The fourth-order valence-electron chi connectivity index (χ4n) is 2.86. The van der Waals surface area contributed by atoms with Gasteiger partial charge in [0.15, 0.2) is 0 Å². The van der Waals surface area contributed by atoms with Gasteiger partial charge >= 0.3 is 0 Å². The zero-order chi connectivity index (χ0) is 14.7. The van der Waals surface area contributed by atoms with Gasteiger partial charge in [-0.05, 0) is 38.8 Å². The van der Waals surface area contributed by atoms with Crippen molar-refractivity contribution in [3.05, 3.63) is 34.9 Å². The number of rotatable bonds is 2. The van der Waals surface area contributed by atoms with E-state index in [0.717, 1.165) is 36.1 Å². The number of nitrogens with zero attached hydrogens (tertiary/aromatic N) is 1. The molecule has 1 aliphatic rings. The van der Waals surface area contributed by atoms with Crippen molar-refractivity contribution >= 4 is 11.8 Å². The summed E-state index contributed by atoms with van der Waals surface area (Å²) in [4.78, 5) is 26.1. The average Bonchev–Trinajstić information content (AvgIpc) is 2.44. The molecule has 2 amide bonds. The van der Waals surface area contributed by atoms with Gasteiger partial charge < -0.3 is 10.2 Å². The Balaban J connectivity index is 2.14. The summed E-state index contributed by atoms with van der Waals surface area (Å²) in [5.74, 6) is -0.0167. The third kappa shape index (κ3) is 3.18. The van der Waals surface area contributed by atoms with Gasteiger partial charge in [0, 0.05) is 25.7 Å². The fraction of sp³-hybridized carbons (Fsp3) is 0.500. The summed E-state index contributed by atoms with van der Waals surface area (Å²) in [5.41, 5.74) is 2.90. The van der Waals surface area contributed by atoms with Crippen LogP contribution in [0.2, 0.25) is 0 Å². The number of hydrogen-bond donors (Lipinski definition) is 1. The van der Waals surface area contributed by atoms with Crippen molar-refractivity contribution in [3.8, 4) is 0 Å². The van der Waals surface area contributed by atoms with Gasteiger partial charge in [-0.1, -0.05) is 17.2 Å². The summed E-state index contributed by atoms with van der Waals surface area (Å²) in [6, 6.07) is 5.89. The van der Waals surface area contributed by atoms with Gasteiger partial charge in [0.2, 0.25) is 5.91 Å². The van der Waals surface area contributed by atoms with Crippen molar-refractivity contribution in [2.75, 3.05) is 20.1 Å². The van der Waals surface area contributed by atoms with E-state index in [9.17, 15) is 9.59 Å². The molecule has 0 aliphatic carbocycles. The van der Waals surface area contributed by atoms with Crippen molar-refractivity contribution in [2.24, 2.45) is 5.92 Å². The molecule has 4 heteroatoms. The van der Waals surface area contributed by atoms with Crippen molar-refractivity contribution in [1.29, 1.82) is 0 Å². The largest absolute Gasteiger partial charge is 0.359 e. The van der Waals surface area contributed by atoms with E-state index in [-0.39, 0.29) is 17.7 Å². The zero-order valence-electron chi connectivity index (χ0n) is 12.4. The standard InChI is InChI=1S/C16H22N2O2/c1-11-7-12(2)9-14(8-11)16(20)18-6-4-5-13(10-18)15(19)17-3/h7-9,13H,4-6,10H2,1-3H3,(H,17,19). The van der Waals surface area contributed by atoms with Gasteiger partial charge in [0.25, 0.3) is 5.91 Å². The van der Waals surface area contributed by atoms with Gasteiger partial charge in [0.1, 0.15) is 0 Å². The van der Waals surface area contributed by atoms with Crippen LogP contribution in [0.1, 0.15) is 34.3 Å². The van der Waals surface area contributed by atoms with Crippen LogP contribution >= 0.6 is 0 Å². The Labute approximate surface area is 120 Å². The normalized spacial score (nSPS) is 18.8. The molecule has 1 atom stereocenters. The summed E-state index contributed by atoms with van der Waals surface area (Å²) in [6.07, 6.45) is 1.74. The molecule has 1 N–H and O–H groups in total. The van der Waals surface area contributed by atoms with Crippen molar-refractivity contribution in [1.82, 2.24) is 10.2 Å². The first-order chi connectivity index (χ1) is 9.51. The SMILES string of the molecule is CNC(=O)C1CCCN(C(=O)c2cc(C)cc(C)c2)C1. The van der Waals surface area contributed by atoms with Crippen LogP contribution in [0.4, 0.5) is 0 Å². The first-order valence-corrected chi connectivity index (χ1v) is 7.10. The maximum absolute atomic E-state index is 12.6. The van der Waals surface area contributed by atoms with Crippen molar-refractivity contribution in [2.45, 2.75) is 26.7 Å². The lowest BCUT2D eigenvalue weighted by atomic mass is 9.96. The van der Waals surface area contributed by atoms with E-state index in [1.54, 1.807) is 11.9 Å². The van der Waals surface area contributed by atoms with Crippen molar-refractivity contribution in [3.63, 3.8) is 0 Å². The predicted molar refractivity (Wildman–Crippen MR) is 78.6 cm³/mol. The highest BCUT2D eigenvalue weighted by Gasteiger charge is 2.28. The van der Waals surface area contributed by atoms with E-state index in [1.807, 2.05) is 26.0 Å². The van der Waals surface area contributed by atoms with E-state index >= 15 is 0 Å². The first kappa shape index (κ1) is 14.6. The van der Waals surface area contributed by atoms with Gasteiger partial charge in [-0.15, -0.1) is 0 Å². The minimum atomic E-state index is -0.0800. The Morgan fingerprint density at radius 2 is 1.85 bits per heavy atom. The summed E-state index contributed by atoms with van der Waals surface area (Å²) in [6.45, 7) is 5.24. The summed E-state index contributed by atoms with van der Waals surface area (Å²) >= 11 is 0. The molecule has 0 spiro atoms. The van der Waals surface area contributed by atoms with Crippen LogP contribution in [-0.2, 0) is 4.79 Å². The lowest BCUT2D eigenvalue weighted by Gasteiger charge is -2.32. The fourth-order valence-corrected chi connectivity index (χ4v) is 2.86. The molecule has 1 fully saturated rings. The molecule has 2 rings (SSSR count). The van der Waals surface area contributed by atoms with E-state index in [2.05, 4.69) is 11.4 Å². The predicted octanol–water partition coefficient (Wildman–Crippen LogP) is 1.90. The maximum atomic E-state index is 12.6. The number of benzene rings is 1. The lowest BCUT2D eigenvalue weighted by Crippen LogP contribution is -2.44. The number of carbonyl (C=O) groups excluding carboxylic acids is 2. The molecule has 0 radical (unpaired) electrons. The third-order valence-corrected chi connectivity index (χ3v) is 3.79. The lowest BCUT2D eigenvalue weighted by molar-refractivity contribution is -0.125. The topological polar surface area (TPSA) is 49.4 Å². The van der Waals surface area contributed by atoms with Crippen LogP contribution in [0.3, 0.4) is 0 Å². The molecule has 0 saturated carbocycles. The summed E-state index contributed by atoms with van der Waals surface area (Å²) < 4.78 is 0. The third-order valence-electron chi connectivity index (χ3n) is 3.79. The number of aryl methyl sites for hydroxylation is 2. The highest BCUT2D eigenvalue weighted by atomic mass is 16.2. The molecule has 20 heavy (non-hydrogen) atoms. The molecule has 1 heterocycles. The Morgan fingerprint density at radius 3 is 2.45 bits per heavy atom.